The van der Waals surface area contributed by atoms with Crippen LogP contribution in [0.1, 0.15) is 38.1 Å². The monoisotopic (exact) mass is 297 g/mol. The van der Waals surface area contributed by atoms with E-state index in [-0.39, 0.29) is 5.41 Å². The number of carbonyl (C=O) groups excluding carboxylic acids is 1. The molecule has 1 atom stereocenters. The summed E-state index contributed by atoms with van der Waals surface area (Å²) >= 11 is 3.42. The van der Waals surface area contributed by atoms with Gasteiger partial charge in [0.1, 0.15) is 0 Å². The summed E-state index contributed by atoms with van der Waals surface area (Å²) in [5.41, 5.74) is 2.01. The lowest BCUT2D eigenvalue weighted by Gasteiger charge is -2.37. The number of halogens is 1. The van der Waals surface area contributed by atoms with Crippen molar-refractivity contribution < 1.29 is 4.79 Å². The van der Waals surface area contributed by atoms with Gasteiger partial charge < -0.3 is 4.90 Å². The number of hydrogen-bond acceptors (Lipinski definition) is 2. The van der Waals surface area contributed by atoms with Gasteiger partial charge in [-0.05, 0) is 46.5 Å². The zero-order valence-electron chi connectivity index (χ0n) is 11.1. The van der Waals surface area contributed by atoms with E-state index < -0.39 is 0 Å². The van der Waals surface area contributed by atoms with Crippen LogP contribution in [0.5, 0.6) is 0 Å². The molecule has 17 heavy (non-hydrogen) atoms. The smallest absolute Gasteiger partial charge is 0.151 e. The molecule has 0 N–H and O–H groups in total. The second-order valence-corrected chi connectivity index (χ2v) is 6.33. The molecular weight excluding hydrogens is 278 g/mol. The average molecular weight is 298 g/mol. The van der Waals surface area contributed by atoms with Crippen molar-refractivity contribution in [1.82, 2.24) is 0 Å². The third-order valence-corrected chi connectivity index (χ3v) is 4.04. The van der Waals surface area contributed by atoms with E-state index >= 15 is 0 Å². The van der Waals surface area contributed by atoms with Gasteiger partial charge in [-0.3, -0.25) is 4.79 Å². The van der Waals surface area contributed by atoms with Crippen molar-refractivity contribution in [3.8, 4) is 0 Å². The van der Waals surface area contributed by atoms with Gasteiger partial charge in [0.15, 0.2) is 6.29 Å². The molecular formula is C14H20BrNO. The lowest BCUT2D eigenvalue weighted by Crippen LogP contribution is -2.39. The normalized spacial score (nSPS) is 13.3. The Balaban J connectivity index is 3.01. The number of aldehydes is 1. The van der Waals surface area contributed by atoms with Crippen LogP contribution in [0.3, 0.4) is 0 Å². The van der Waals surface area contributed by atoms with E-state index in [2.05, 4.69) is 55.6 Å². The van der Waals surface area contributed by atoms with Crippen molar-refractivity contribution in [3.05, 3.63) is 28.2 Å². The molecule has 0 radical (unpaired) electrons. The molecule has 1 unspecified atom stereocenters. The first-order valence-corrected chi connectivity index (χ1v) is 6.54. The minimum atomic E-state index is 0.213. The fraction of sp³-hybridized carbons (Fsp3) is 0.500. The highest BCUT2D eigenvalue weighted by atomic mass is 79.9. The molecule has 0 fully saturated rings. The number of carbonyl (C=O) groups is 1. The number of rotatable bonds is 3. The molecule has 1 rings (SSSR count). The van der Waals surface area contributed by atoms with Crippen molar-refractivity contribution >= 4 is 27.9 Å². The fourth-order valence-corrected chi connectivity index (χ4v) is 2.10. The molecule has 0 aliphatic carbocycles. The maximum atomic E-state index is 10.8. The molecule has 94 valence electrons. The second kappa shape index (κ2) is 5.21. The molecule has 0 saturated heterocycles. The number of benzene rings is 1. The number of anilines is 1. The predicted molar refractivity (Wildman–Crippen MR) is 76.8 cm³/mol. The van der Waals surface area contributed by atoms with Crippen molar-refractivity contribution in [2.75, 3.05) is 11.9 Å². The molecule has 3 heteroatoms. The van der Waals surface area contributed by atoms with Crippen molar-refractivity contribution in [3.63, 3.8) is 0 Å². The largest absolute Gasteiger partial charge is 0.371 e. The van der Waals surface area contributed by atoms with Gasteiger partial charge in [0.25, 0.3) is 0 Å². The minimum Gasteiger partial charge on any atom is -0.371 e. The van der Waals surface area contributed by atoms with Crippen LogP contribution in [0.25, 0.3) is 0 Å². The van der Waals surface area contributed by atoms with Crippen LogP contribution in [0, 0.1) is 5.41 Å². The summed E-state index contributed by atoms with van der Waals surface area (Å²) in [5, 5.41) is 0. The lowest BCUT2D eigenvalue weighted by molar-refractivity contribution is 0.112. The molecule has 0 heterocycles. The molecule has 0 aromatic heterocycles. The van der Waals surface area contributed by atoms with Gasteiger partial charge >= 0.3 is 0 Å². The van der Waals surface area contributed by atoms with Gasteiger partial charge in [-0.25, -0.2) is 0 Å². The Bertz CT molecular complexity index is 409. The number of hydrogen-bond donors (Lipinski definition) is 0. The molecule has 0 aliphatic heterocycles. The van der Waals surface area contributed by atoms with Gasteiger partial charge in [0, 0.05) is 28.8 Å². The zero-order valence-corrected chi connectivity index (χ0v) is 12.7. The second-order valence-electron chi connectivity index (χ2n) is 5.48. The van der Waals surface area contributed by atoms with Crippen LogP contribution in [-0.4, -0.2) is 19.4 Å². The summed E-state index contributed by atoms with van der Waals surface area (Å²) in [6, 6.07) is 6.23. The van der Waals surface area contributed by atoms with E-state index in [9.17, 15) is 4.79 Å². The zero-order chi connectivity index (χ0) is 13.2. The van der Waals surface area contributed by atoms with Crippen molar-refractivity contribution in [2.24, 2.45) is 5.41 Å². The van der Waals surface area contributed by atoms with Gasteiger partial charge in [0.05, 0.1) is 0 Å². The molecule has 0 amide bonds. The van der Waals surface area contributed by atoms with Gasteiger partial charge in [-0.2, -0.15) is 0 Å². The third-order valence-electron chi connectivity index (χ3n) is 3.35. The van der Waals surface area contributed by atoms with E-state index in [0.717, 1.165) is 16.4 Å². The summed E-state index contributed by atoms with van der Waals surface area (Å²) in [6.07, 6.45) is 0.862. The summed E-state index contributed by atoms with van der Waals surface area (Å²) in [6.45, 7) is 8.89. The van der Waals surface area contributed by atoms with Crippen molar-refractivity contribution in [2.45, 2.75) is 33.7 Å². The molecule has 0 spiro atoms. The molecule has 1 aromatic carbocycles. The maximum absolute atomic E-state index is 10.8. The van der Waals surface area contributed by atoms with Crippen LogP contribution in [0.4, 0.5) is 5.69 Å². The van der Waals surface area contributed by atoms with Crippen LogP contribution >= 0.6 is 15.9 Å². The Labute approximate surface area is 112 Å². The first kappa shape index (κ1) is 14.2. The fourth-order valence-electron chi connectivity index (χ4n) is 1.64. The predicted octanol–water partition coefficient (Wildman–Crippen LogP) is 4.13. The Morgan fingerprint density at radius 3 is 2.35 bits per heavy atom. The highest BCUT2D eigenvalue weighted by Crippen LogP contribution is 2.29. The first-order valence-electron chi connectivity index (χ1n) is 5.75. The molecule has 0 saturated carbocycles. The topological polar surface area (TPSA) is 20.3 Å². The lowest BCUT2D eigenvalue weighted by atomic mass is 9.87. The maximum Gasteiger partial charge on any atom is 0.151 e. The minimum absolute atomic E-state index is 0.213. The average Bonchev–Trinajstić information content (AvgIpc) is 2.25. The standard InChI is InChI=1S/C14H20BrNO/c1-10(14(2,3)4)16(5)12-7-6-11(9-17)13(15)8-12/h6-10H,1-5H3. The Hall–Kier alpha value is -0.830. The van der Waals surface area contributed by atoms with E-state index in [1.807, 2.05) is 18.2 Å². The summed E-state index contributed by atoms with van der Waals surface area (Å²) in [4.78, 5) is 13.0. The van der Waals surface area contributed by atoms with E-state index in [1.54, 1.807) is 0 Å². The summed E-state index contributed by atoms with van der Waals surface area (Å²) in [7, 11) is 2.08. The molecule has 0 bridgehead atoms. The SMILES string of the molecule is CC(N(C)c1ccc(C=O)c(Br)c1)C(C)(C)C. The highest BCUT2D eigenvalue weighted by Gasteiger charge is 2.24. The first-order chi connectivity index (χ1) is 7.77. The Kier molecular flexibility index (Phi) is 4.36. The number of nitrogens with zero attached hydrogens (tertiary/aromatic N) is 1. The summed E-state index contributed by atoms with van der Waals surface area (Å²) in [5.74, 6) is 0. The van der Waals surface area contributed by atoms with E-state index in [1.165, 1.54) is 0 Å². The third kappa shape index (κ3) is 3.32. The van der Waals surface area contributed by atoms with Gasteiger partial charge in [0.2, 0.25) is 0 Å². The molecule has 2 nitrogen and oxygen atoms in total. The van der Waals surface area contributed by atoms with E-state index in [4.69, 9.17) is 0 Å². The van der Waals surface area contributed by atoms with E-state index in [0.29, 0.717) is 11.6 Å². The quantitative estimate of drug-likeness (QED) is 0.782. The van der Waals surface area contributed by atoms with Crippen LogP contribution in [0.2, 0.25) is 0 Å². The van der Waals surface area contributed by atoms with Gasteiger partial charge in [-0.15, -0.1) is 0 Å². The van der Waals surface area contributed by atoms with Gasteiger partial charge in [-0.1, -0.05) is 20.8 Å². The Morgan fingerprint density at radius 2 is 1.94 bits per heavy atom. The van der Waals surface area contributed by atoms with Crippen molar-refractivity contribution in [1.29, 1.82) is 0 Å². The Morgan fingerprint density at radius 1 is 1.35 bits per heavy atom. The molecule has 0 aliphatic rings. The highest BCUT2D eigenvalue weighted by molar-refractivity contribution is 9.10. The van der Waals surface area contributed by atoms with Crippen LogP contribution in [0.15, 0.2) is 22.7 Å². The summed E-state index contributed by atoms with van der Waals surface area (Å²) < 4.78 is 0.845. The molecule has 1 aromatic rings. The van der Waals surface area contributed by atoms with Crippen LogP contribution < -0.4 is 4.90 Å². The van der Waals surface area contributed by atoms with Crippen LogP contribution in [-0.2, 0) is 0 Å².